The lowest BCUT2D eigenvalue weighted by Crippen LogP contribution is -2.25. The fourth-order valence-electron chi connectivity index (χ4n) is 4.70. The molecule has 2 nitrogen and oxygen atoms in total. The number of hydrogen-bond donors (Lipinski definition) is 1. The Morgan fingerprint density at radius 2 is 1.50 bits per heavy atom. The summed E-state index contributed by atoms with van der Waals surface area (Å²) in [5.41, 5.74) is 5.81. The first-order valence-corrected chi connectivity index (χ1v) is 11.4. The van der Waals surface area contributed by atoms with Gasteiger partial charge in [-0.2, -0.15) is 0 Å². The number of fused-ring (bicyclic) bond motifs is 3. The fourth-order valence-corrected chi connectivity index (χ4v) is 4.70. The van der Waals surface area contributed by atoms with Crippen LogP contribution in [-0.2, 0) is 0 Å². The van der Waals surface area contributed by atoms with Gasteiger partial charge in [0, 0.05) is 33.9 Å². The highest BCUT2D eigenvalue weighted by molar-refractivity contribution is 6.08. The van der Waals surface area contributed by atoms with E-state index in [0.717, 1.165) is 22.2 Å². The molecule has 1 aliphatic carbocycles. The SMILES string of the molecule is Fc1ccccc1N(C1=CC=CCC1F)c1ccc(-c2ccc3[nH]c4ccccc4c3c2)cc1. The minimum absolute atomic E-state index is 0.277. The molecule has 1 unspecified atom stereocenters. The maximum absolute atomic E-state index is 14.9. The predicted octanol–water partition coefficient (Wildman–Crippen LogP) is 8.45. The Morgan fingerprint density at radius 3 is 2.32 bits per heavy atom. The van der Waals surface area contributed by atoms with Gasteiger partial charge in [0.15, 0.2) is 0 Å². The molecule has 0 spiro atoms. The lowest BCUT2D eigenvalue weighted by atomic mass is 10.0. The second-order valence-corrected chi connectivity index (χ2v) is 8.49. The van der Waals surface area contributed by atoms with Crippen LogP contribution in [0.1, 0.15) is 6.42 Å². The van der Waals surface area contributed by atoms with Gasteiger partial charge in [-0.15, -0.1) is 0 Å². The van der Waals surface area contributed by atoms with Gasteiger partial charge in [-0.1, -0.05) is 60.7 Å². The molecular formula is C30H22F2N2. The number of hydrogen-bond acceptors (Lipinski definition) is 1. The van der Waals surface area contributed by atoms with Gasteiger partial charge in [0.2, 0.25) is 0 Å². The van der Waals surface area contributed by atoms with Crippen molar-refractivity contribution in [3.8, 4) is 11.1 Å². The van der Waals surface area contributed by atoms with Gasteiger partial charge in [0.1, 0.15) is 12.0 Å². The van der Waals surface area contributed by atoms with Gasteiger partial charge < -0.3 is 9.88 Å². The smallest absolute Gasteiger partial charge is 0.147 e. The number of H-pyrrole nitrogens is 1. The highest BCUT2D eigenvalue weighted by Crippen LogP contribution is 2.37. The Kier molecular flexibility index (Phi) is 4.99. The van der Waals surface area contributed by atoms with Crippen LogP contribution in [0, 0.1) is 5.82 Å². The summed E-state index contributed by atoms with van der Waals surface area (Å²) in [5, 5.41) is 2.36. The van der Waals surface area contributed by atoms with E-state index in [1.165, 1.54) is 16.8 Å². The minimum Gasteiger partial charge on any atom is -0.355 e. The van der Waals surface area contributed by atoms with Crippen molar-refractivity contribution in [2.75, 3.05) is 4.90 Å². The van der Waals surface area contributed by atoms with Crippen LogP contribution >= 0.6 is 0 Å². The number of aromatic nitrogens is 1. The summed E-state index contributed by atoms with van der Waals surface area (Å²) in [4.78, 5) is 5.13. The van der Waals surface area contributed by atoms with Crippen molar-refractivity contribution in [3.05, 3.63) is 121 Å². The molecule has 0 radical (unpaired) electrons. The van der Waals surface area contributed by atoms with E-state index in [1.807, 2.05) is 42.5 Å². The topological polar surface area (TPSA) is 19.0 Å². The van der Waals surface area contributed by atoms with Crippen LogP contribution in [0.25, 0.3) is 32.9 Å². The lowest BCUT2D eigenvalue weighted by molar-refractivity contribution is 0.378. The number of benzene rings is 4. The van der Waals surface area contributed by atoms with E-state index in [4.69, 9.17) is 0 Å². The zero-order chi connectivity index (χ0) is 23.1. The van der Waals surface area contributed by atoms with Crippen molar-refractivity contribution in [3.63, 3.8) is 0 Å². The number of alkyl halides is 1. The lowest BCUT2D eigenvalue weighted by Gasteiger charge is -2.31. The monoisotopic (exact) mass is 448 g/mol. The van der Waals surface area contributed by atoms with Crippen LogP contribution in [0.2, 0.25) is 0 Å². The van der Waals surface area contributed by atoms with Crippen LogP contribution < -0.4 is 4.90 Å². The van der Waals surface area contributed by atoms with Crippen molar-refractivity contribution < 1.29 is 8.78 Å². The van der Waals surface area contributed by atoms with Crippen molar-refractivity contribution >= 4 is 33.2 Å². The molecule has 166 valence electrons. The van der Waals surface area contributed by atoms with Gasteiger partial charge in [-0.25, -0.2) is 8.78 Å². The fraction of sp³-hybridized carbons (Fsp3) is 0.0667. The molecule has 1 aromatic heterocycles. The van der Waals surface area contributed by atoms with Crippen LogP contribution in [-0.4, -0.2) is 11.2 Å². The minimum atomic E-state index is -1.20. The van der Waals surface area contributed by atoms with Gasteiger partial charge in [-0.3, -0.25) is 0 Å². The summed E-state index contributed by atoms with van der Waals surface area (Å²) in [6.45, 7) is 0. The molecule has 0 aliphatic heterocycles. The van der Waals surface area contributed by atoms with Gasteiger partial charge in [0.05, 0.1) is 11.4 Å². The molecule has 1 aliphatic rings. The average Bonchev–Trinajstić information content (AvgIpc) is 3.25. The van der Waals surface area contributed by atoms with E-state index < -0.39 is 6.17 Å². The van der Waals surface area contributed by atoms with E-state index >= 15 is 0 Å². The number of halogens is 2. The Morgan fingerprint density at radius 1 is 0.765 bits per heavy atom. The number of aromatic amines is 1. The molecule has 0 bridgehead atoms. The number of para-hydroxylation sites is 2. The Labute approximate surface area is 196 Å². The Bertz CT molecular complexity index is 1560. The first-order valence-electron chi connectivity index (χ1n) is 11.4. The predicted molar refractivity (Wildman–Crippen MR) is 137 cm³/mol. The maximum atomic E-state index is 14.9. The molecule has 1 N–H and O–H groups in total. The second kappa shape index (κ2) is 8.31. The van der Waals surface area contributed by atoms with Crippen molar-refractivity contribution in [1.29, 1.82) is 0 Å². The van der Waals surface area contributed by atoms with Crippen LogP contribution in [0.4, 0.5) is 20.2 Å². The molecule has 4 heteroatoms. The highest BCUT2D eigenvalue weighted by Gasteiger charge is 2.25. The Hall–Kier alpha value is -4.18. The molecule has 6 rings (SSSR count). The average molecular weight is 449 g/mol. The van der Waals surface area contributed by atoms with E-state index in [0.29, 0.717) is 17.1 Å². The van der Waals surface area contributed by atoms with E-state index in [2.05, 4.69) is 35.3 Å². The molecule has 4 aromatic carbocycles. The third-order valence-electron chi connectivity index (χ3n) is 6.38. The molecular weight excluding hydrogens is 426 g/mol. The van der Waals surface area contributed by atoms with Crippen LogP contribution in [0.5, 0.6) is 0 Å². The summed E-state index contributed by atoms with van der Waals surface area (Å²) < 4.78 is 29.7. The highest BCUT2D eigenvalue weighted by atomic mass is 19.1. The van der Waals surface area contributed by atoms with Gasteiger partial charge in [0.25, 0.3) is 0 Å². The largest absolute Gasteiger partial charge is 0.355 e. The summed E-state index contributed by atoms with van der Waals surface area (Å²) in [7, 11) is 0. The summed E-state index contributed by atoms with van der Waals surface area (Å²) in [6.07, 6.45) is 4.41. The zero-order valence-corrected chi connectivity index (χ0v) is 18.4. The third kappa shape index (κ3) is 3.48. The molecule has 0 saturated heterocycles. The zero-order valence-electron chi connectivity index (χ0n) is 18.4. The summed E-state index contributed by atoms with van der Waals surface area (Å²) in [5.74, 6) is -0.390. The van der Waals surface area contributed by atoms with E-state index in [-0.39, 0.29) is 12.2 Å². The summed E-state index contributed by atoms with van der Waals surface area (Å²) in [6, 6.07) is 29.0. The van der Waals surface area contributed by atoms with Crippen LogP contribution in [0.15, 0.2) is 115 Å². The van der Waals surface area contributed by atoms with Crippen molar-refractivity contribution in [1.82, 2.24) is 4.98 Å². The number of rotatable bonds is 4. The number of allylic oxidation sites excluding steroid dienone is 4. The molecule has 1 atom stereocenters. The van der Waals surface area contributed by atoms with Gasteiger partial charge >= 0.3 is 0 Å². The van der Waals surface area contributed by atoms with Crippen LogP contribution in [0.3, 0.4) is 0 Å². The molecule has 0 amide bonds. The standard InChI is InChI=1S/C30H22F2N2/c31-25-8-2-5-11-29(25)34(30-12-6-3-9-26(30)32)22-16-13-20(14-17-22)21-15-18-28-24(19-21)23-7-1-4-10-27(23)33-28/h1-8,10-19,26,33H,9H2. The Balaban J connectivity index is 1.42. The molecule has 34 heavy (non-hydrogen) atoms. The van der Waals surface area contributed by atoms with E-state index in [9.17, 15) is 8.78 Å². The summed E-state index contributed by atoms with van der Waals surface area (Å²) >= 11 is 0. The van der Waals surface area contributed by atoms with Crippen molar-refractivity contribution in [2.45, 2.75) is 12.6 Å². The van der Waals surface area contributed by atoms with Gasteiger partial charge in [-0.05, 0) is 59.7 Å². The molecule has 0 saturated carbocycles. The quantitative estimate of drug-likeness (QED) is 0.292. The maximum Gasteiger partial charge on any atom is 0.147 e. The normalized spacial score (nSPS) is 15.6. The van der Waals surface area contributed by atoms with Crippen molar-refractivity contribution in [2.24, 2.45) is 0 Å². The number of nitrogens with zero attached hydrogens (tertiary/aromatic N) is 1. The number of anilines is 2. The molecule has 0 fully saturated rings. The first-order chi connectivity index (χ1) is 16.7. The molecule has 1 heterocycles. The second-order valence-electron chi connectivity index (χ2n) is 8.49. The first kappa shape index (κ1) is 20.4. The third-order valence-corrected chi connectivity index (χ3v) is 6.38. The molecule has 5 aromatic rings. The number of nitrogens with one attached hydrogen (secondary N) is 1. The van der Waals surface area contributed by atoms with E-state index in [1.54, 1.807) is 35.3 Å².